The summed E-state index contributed by atoms with van der Waals surface area (Å²) in [6, 6.07) is 31.2. The van der Waals surface area contributed by atoms with Gasteiger partial charge >= 0.3 is 0 Å². The summed E-state index contributed by atoms with van der Waals surface area (Å²) in [5, 5.41) is 2.34. The monoisotopic (exact) mass is 480 g/mol. The average molecular weight is 481 g/mol. The summed E-state index contributed by atoms with van der Waals surface area (Å²) in [6.45, 7) is 7.69. The van der Waals surface area contributed by atoms with E-state index in [9.17, 15) is 4.39 Å². The van der Waals surface area contributed by atoms with Crippen LogP contribution in [0.2, 0.25) is 5.04 Å². The highest BCUT2D eigenvalue weighted by atomic mass is 32.2. The molecular weight excluding hydrogens is 447 g/mol. The Hall–Kier alpha value is -1.92. The molecule has 1 fully saturated rings. The van der Waals surface area contributed by atoms with E-state index in [2.05, 4.69) is 69.3 Å². The van der Waals surface area contributed by atoms with Crippen molar-refractivity contribution in [2.24, 2.45) is 0 Å². The van der Waals surface area contributed by atoms with E-state index in [1.165, 1.54) is 10.4 Å². The Balaban J connectivity index is 1.60. The summed E-state index contributed by atoms with van der Waals surface area (Å²) in [5.41, 5.74) is 1.06. The number of ether oxygens (including phenoxy) is 1. The van der Waals surface area contributed by atoms with Gasteiger partial charge in [0.2, 0.25) is 0 Å². The predicted molar refractivity (Wildman–Crippen MR) is 140 cm³/mol. The number of hydrogen-bond acceptors (Lipinski definition) is 3. The van der Waals surface area contributed by atoms with Crippen LogP contribution >= 0.6 is 11.8 Å². The molecule has 3 atom stereocenters. The van der Waals surface area contributed by atoms with Crippen molar-refractivity contribution < 1.29 is 13.6 Å². The summed E-state index contributed by atoms with van der Waals surface area (Å²) in [6.07, 6.45) is -1.44. The Morgan fingerprint density at radius 3 is 1.88 bits per heavy atom. The maximum atomic E-state index is 14.9. The Bertz CT molecular complexity index is 955. The first-order valence-corrected chi connectivity index (χ1v) is 14.5. The van der Waals surface area contributed by atoms with Gasteiger partial charge in [0, 0.05) is 12.4 Å². The molecule has 0 radical (unpaired) electrons. The van der Waals surface area contributed by atoms with Gasteiger partial charge in [0.05, 0.1) is 11.9 Å². The molecule has 0 unspecified atom stereocenters. The van der Waals surface area contributed by atoms with Crippen LogP contribution in [0.3, 0.4) is 0 Å². The summed E-state index contributed by atoms with van der Waals surface area (Å²) >= 11 is 1.63. The zero-order valence-electron chi connectivity index (χ0n) is 19.6. The van der Waals surface area contributed by atoms with Crippen molar-refractivity contribution >= 4 is 30.5 Å². The second-order valence-electron chi connectivity index (χ2n) is 9.62. The van der Waals surface area contributed by atoms with Gasteiger partial charge in [-0.3, -0.25) is 0 Å². The molecule has 0 spiro atoms. The van der Waals surface area contributed by atoms with Gasteiger partial charge in [-0.1, -0.05) is 112 Å². The van der Waals surface area contributed by atoms with Crippen LogP contribution in [0.25, 0.3) is 0 Å². The molecule has 1 heterocycles. The summed E-state index contributed by atoms with van der Waals surface area (Å²) in [7, 11) is -2.65. The van der Waals surface area contributed by atoms with Gasteiger partial charge in [-0.2, -0.15) is 11.8 Å². The van der Waals surface area contributed by atoms with Gasteiger partial charge in [0.15, 0.2) is 0 Å². The second kappa shape index (κ2) is 10.6. The molecule has 174 valence electrons. The first-order chi connectivity index (χ1) is 15.9. The van der Waals surface area contributed by atoms with Gasteiger partial charge in [-0.15, -0.1) is 0 Å². The molecule has 3 aromatic rings. The van der Waals surface area contributed by atoms with E-state index >= 15 is 0 Å². The van der Waals surface area contributed by atoms with Crippen molar-refractivity contribution in [3.05, 3.63) is 96.6 Å². The Labute approximate surface area is 202 Å². The fraction of sp³-hybridized carbons (Fsp3) is 0.357. The van der Waals surface area contributed by atoms with Crippen molar-refractivity contribution in [1.82, 2.24) is 0 Å². The zero-order chi connectivity index (χ0) is 23.3. The standard InChI is InChI=1S/C28H33FO2SSi/c1-28(2,3)33(23-15-9-5-10-16-23,24-17-11-6-12-18-24)31-20-26-27(25(29)21-32-26)30-19-22-13-7-4-8-14-22/h4-18,25-27H,19-21H2,1-3H3/t25-,26-,27+/m1/s1. The molecule has 33 heavy (non-hydrogen) atoms. The third-order valence-corrected chi connectivity index (χ3v) is 12.7. The Kier molecular flexibility index (Phi) is 7.75. The van der Waals surface area contributed by atoms with Crippen molar-refractivity contribution in [3.63, 3.8) is 0 Å². The fourth-order valence-electron chi connectivity index (χ4n) is 4.73. The molecule has 4 rings (SSSR count). The quantitative estimate of drug-likeness (QED) is 0.391. The lowest BCUT2D eigenvalue weighted by Gasteiger charge is -2.43. The molecule has 1 aliphatic heterocycles. The Morgan fingerprint density at radius 1 is 0.848 bits per heavy atom. The first-order valence-electron chi connectivity index (χ1n) is 11.6. The van der Waals surface area contributed by atoms with Crippen molar-refractivity contribution in [2.45, 2.75) is 49.9 Å². The number of benzene rings is 3. The van der Waals surface area contributed by atoms with E-state index in [1.807, 2.05) is 42.5 Å². The van der Waals surface area contributed by atoms with Crippen LogP contribution in [-0.4, -0.2) is 38.2 Å². The molecule has 0 N–H and O–H groups in total. The molecule has 3 aromatic carbocycles. The van der Waals surface area contributed by atoms with Crippen LogP contribution in [0.5, 0.6) is 0 Å². The molecule has 2 nitrogen and oxygen atoms in total. The zero-order valence-corrected chi connectivity index (χ0v) is 21.4. The van der Waals surface area contributed by atoms with Crippen LogP contribution in [-0.2, 0) is 15.8 Å². The maximum Gasteiger partial charge on any atom is 0.261 e. The number of hydrogen-bond donors (Lipinski definition) is 0. The number of halogens is 1. The van der Waals surface area contributed by atoms with E-state index < -0.39 is 20.6 Å². The summed E-state index contributed by atoms with van der Waals surface area (Å²) in [4.78, 5) is 0. The van der Waals surface area contributed by atoms with Crippen molar-refractivity contribution in [1.29, 1.82) is 0 Å². The van der Waals surface area contributed by atoms with Crippen LogP contribution in [0.15, 0.2) is 91.0 Å². The molecule has 5 heteroatoms. The van der Waals surface area contributed by atoms with Crippen LogP contribution in [0.1, 0.15) is 26.3 Å². The molecule has 0 amide bonds. The van der Waals surface area contributed by atoms with Crippen molar-refractivity contribution in [2.75, 3.05) is 12.4 Å². The normalized spacial score (nSPS) is 21.3. The van der Waals surface area contributed by atoms with Crippen LogP contribution in [0, 0.1) is 0 Å². The highest BCUT2D eigenvalue weighted by molar-refractivity contribution is 8.00. The lowest BCUT2D eigenvalue weighted by Crippen LogP contribution is -2.67. The van der Waals surface area contributed by atoms with Gasteiger partial charge in [0.25, 0.3) is 8.32 Å². The average Bonchev–Trinajstić information content (AvgIpc) is 3.18. The smallest absolute Gasteiger partial charge is 0.261 e. The van der Waals surface area contributed by atoms with E-state index in [-0.39, 0.29) is 10.3 Å². The largest absolute Gasteiger partial charge is 0.406 e. The third-order valence-electron chi connectivity index (χ3n) is 6.36. The van der Waals surface area contributed by atoms with Gasteiger partial charge in [-0.25, -0.2) is 4.39 Å². The Morgan fingerprint density at radius 2 is 1.36 bits per heavy atom. The molecule has 0 bridgehead atoms. The van der Waals surface area contributed by atoms with Crippen LogP contribution < -0.4 is 10.4 Å². The minimum Gasteiger partial charge on any atom is -0.406 e. The van der Waals surface area contributed by atoms with E-state index in [1.54, 1.807) is 11.8 Å². The molecular formula is C28H33FO2SSi. The molecule has 0 saturated carbocycles. The molecule has 0 aromatic heterocycles. The minimum atomic E-state index is -2.65. The van der Waals surface area contributed by atoms with Gasteiger partial charge < -0.3 is 9.16 Å². The third kappa shape index (κ3) is 5.27. The maximum absolute atomic E-state index is 14.9. The topological polar surface area (TPSA) is 18.5 Å². The molecule has 0 aliphatic carbocycles. The van der Waals surface area contributed by atoms with Crippen molar-refractivity contribution in [3.8, 4) is 0 Å². The van der Waals surface area contributed by atoms with Gasteiger partial charge in [0.1, 0.15) is 12.3 Å². The summed E-state index contributed by atoms with van der Waals surface area (Å²) in [5.74, 6) is 0.453. The number of thioether (sulfide) groups is 1. The molecule has 1 aliphatic rings. The highest BCUT2D eigenvalue weighted by Crippen LogP contribution is 2.39. The second-order valence-corrected chi connectivity index (χ2v) is 15.2. The predicted octanol–water partition coefficient (Wildman–Crippen LogP) is 5.60. The summed E-state index contributed by atoms with van der Waals surface area (Å²) < 4.78 is 28.0. The van der Waals surface area contributed by atoms with Crippen LogP contribution in [0.4, 0.5) is 4.39 Å². The number of alkyl halides is 1. The molecule has 1 saturated heterocycles. The first kappa shape index (κ1) is 24.2. The fourth-order valence-corrected chi connectivity index (χ4v) is 10.7. The lowest BCUT2D eigenvalue weighted by molar-refractivity contribution is -0.00647. The number of rotatable bonds is 8. The SMILES string of the molecule is CC(C)(C)[Si](OC[C@H]1SC[C@@H](F)[C@@H]1OCc1ccccc1)(c1ccccc1)c1ccccc1. The van der Waals surface area contributed by atoms with E-state index in [4.69, 9.17) is 9.16 Å². The van der Waals surface area contributed by atoms with E-state index in [0.29, 0.717) is 19.0 Å². The van der Waals surface area contributed by atoms with E-state index in [0.717, 1.165) is 5.56 Å². The minimum absolute atomic E-state index is 0.0367. The van der Waals surface area contributed by atoms with Gasteiger partial charge in [-0.05, 0) is 21.0 Å². The highest BCUT2D eigenvalue weighted by Gasteiger charge is 2.51. The lowest BCUT2D eigenvalue weighted by atomic mass is 10.2.